The third-order valence-corrected chi connectivity index (χ3v) is 9.56. The van der Waals surface area contributed by atoms with Crippen LogP contribution in [0.25, 0.3) is 0 Å². The van der Waals surface area contributed by atoms with Gasteiger partial charge in [-0.15, -0.1) is 0 Å². The van der Waals surface area contributed by atoms with Crippen LogP contribution in [0.2, 0.25) is 18.1 Å². The molecule has 1 aliphatic rings. The lowest BCUT2D eigenvalue weighted by Gasteiger charge is -2.41. The summed E-state index contributed by atoms with van der Waals surface area (Å²) >= 11 is 3.50. The fraction of sp³-hybridized carbons (Fsp3) is 1.00. The first-order chi connectivity index (χ1) is 9.47. The van der Waals surface area contributed by atoms with Crippen LogP contribution in [-0.4, -0.2) is 38.2 Å². The Balaban J connectivity index is 2.47. The number of hydrogen-bond acceptors (Lipinski definition) is 3. The monoisotopic (exact) mass is 380 g/mol. The molecule has 1 fully saturated rings. The molecule has 0 aromatic rings. The van der Waals surface area contributed by atoms with Crippen molar-refractivity contribution in [3.8, 4) is 0 Å². The van der Waals surface area contributed by atoms with Crippen LogP contribution in [0.15, 0.2) is 0 Å². The van der Waals surface area contributed by atoms with E-state index in [4.69, 9.17) is 13.9 Å². The van der Waals surface area contributed by atoms with Gasteiger partial charge in [0.1, 0.15) is 0 Å². The summed E-state index contributed by atoms with van der Waals surface area (Å²) in [5.74, 6) is -0.479. The molecule has 3 nitrogen and oxygen atoms in total. The molecule has 1 saturated heterocycles. The highest BCUT2D eigenvalue weighted by molar-refractivity contribution is 9.09. The lowest BCUT2D eigenvalue weighted by atomic mass is 10.0. The first-order valence-corrected chi connectivity index (χ1v) is 12.1. The molecule has 0 unspecified atom stereocenters. The van der Waals surface area contributed by atoms with Crippen LogP contribution in [0.5, 0.6) is 0 Å². The average Bonchev–Trinajstić information content (AvgIpc) is 2.25. The van der Waals surface area contributed by atoms with E-state index in [1.807, 2.05) is 13.8 Å². The molecule has 126 valence electrons. The molecule has 0 bridgehead atoms. The summed E-state index contributed by atoms with van der Waals surface area (Å²) < 4.78 is 18.3. The van der Waals surface area contributed by atoms with Gasteiger partial charge in [0, 0.05) is 18.4 Å². The minimum atomic E-state index is -1.65. The third-order valence-electron chi connectivity index (χ3n) is 4.57. The highest BCUT2D eigenvalue weighted by Gasteiger charge is 2.38. The molecule has 0 amide bonds. The second-order valence-corrected chi connectivity index (χ2v) is 13.6. The quantitative estimate of drug-likeness (QED) is 0.474. The SMILES string of the molecule is CC1(C)O[C@H](CCBr)C[C@H](CCO[Si](C)(C)C(C)(C)C)O1. The van der Waals surface area contributed by atoms with E-state index in [0.717, 1.165) is 31.2 Å². The topological polar surface area (TPSA) is 27.7 Å². The molecule has 1 rings (SSSR count). The number of halogens is 1. The Kier molecular flexibility index (Phi) is 6.94. The molecule has 0 radical (unpaired) electrons. The van der Waals surface area contributed by atoms with Gasteiger partial charge in [-0.1, -0.05) is 36.7 Å². The van der Waals surface area contributed by atoms with Crippen LogP contribution in [0.4, 0.5) is 0 Å². The van der Waals surface area contributed by atoms with Crippen molar-refractivity contribution < 1.29 is 13.9 Å². The number of ether oxygens (including phenoxy) is 2. The van der Waals surface area contributed by atoms with Crippen molar-refractivity contribution >= 4 is 24.2 Å². The highest BCUT2D eigenvalue weighted by Crippen LogP contribution is 2.37. The maximum absolute atomic E-state index is 6.27. The van der Waals surface area contributed by atoms with E-state index in [2.05, 4.69) is 49.8 Å². The normalized spacial score (nSPS) is 26.9. The molecular weight excluding hydrogens is 348 g/mol. The lowest BCUT2D eigenvalue weighted by Crippen LogP contribution is -2.46. The van der Waals surface area contributed by atoms with E-state index in [-0.39, 0.29) is 17.2 Å². The second kappa shape index (κ2) is 7.43. The van der Waals surface area contributed by atoms with E-state index in [9.17, 15) is 0 Å². The van der Waals surface area contributed by atoms with E-state index in [0.29, 0.717) is 0 Å². The van der Waals surface area contributed by atoms with Crippen LogP contribution in [0, 0.1) is 0 Å². The van der Waals surface area contributed by atoms with Crippen molar-refractivity contribution in [1.82, 2.24) is 0 Å². The van der Waals surface area contributed by atoms with Gasteiger partial charge in [-0.3, -0.25) is 0 Å². The average molecular weight is 381 g/mol. The van der Waals surface area contributed by atoms with Gasteiger partial charge in [-0.2, -0.15) is 0 Å². The molecular formula is C16H33BrO3Si. The third kappa shape index (κ3) is 6.30. The van der Waals surface area contributed by atoms with E-state index >= 15 is 0 Å². The fourth-order valence-corrected chi connectivity index (χ4v) is 3.93. The predicted molar refractivity (Wildman–Crippen MR) is 94.6 cm³/mol. The summed E-state index contributed by atoms with van der Waals surface area (Å²) in [7, 11) is -1.65. The zero-order chi connectivity index (χ0) is 16.3. The maximum atomic E-state index is 6.27. The van der Waals surface area contributed by atoms with Crippen LogP contribution < -0.4 is 0 Å². The molecule has 0 spiro atoms. The van der Waals surface area contributed by atoms with Crippen molar-refractivity contribution in [2.24, 2.45) is 0 Å². The summed E-state index contributed by atoms with van der Waals surface area (Å²) in [5, 5.41) is 1.24. The van der Waals surface area contributed by atoms with Crippen molar-refractivity contribution in [2.75, 3.05) is 11.9 Å². The Labute approximate surface area is 140 Å². The van der Waals surface area contributed by atoms with E-state index in [1.54, 1.807) is 0 Å². The first-order valence-electron chi connectivity index (χ1n) is 8.02. The Morgan fingerprint density at radius 2 is 1.67 bits per heavy atom. The van der Waals surface area contributed by atoms with Gasteiger partial charge in [-0.25, -0.2) is 0 Å². The predicted octanol–water partition coefficient (Wildman–Crippen LogP) is 5.09. The van der Waals surface area contributed by atoms with Gasteiger partial charge in [0.15, 0.2) is 14.1 Å². The van der Waals surface area contributed by atoms with Gasteiger partial charge in [0.2, 0.25) is 0 Å². The molecule has 0 saturated carbocycles. The van der Waals surface area contributed by atoms with Gasteiger partial charge >= 0.3 is 0 Å². The van der Waals surface area contributed by atoms with Crippen LogP contribution >= 0.6 is 15.9 Å². The van der Waals surface area contributed by atoms with Crippen molar-refractivity contribution in [3.63, 3.8) is 0 Å². The first kappa shape index (κ1) is 19.6. The van der Waals surface area contributed by atoms with E-state index < -0.39 is 14.1 Å². The van der Waals surface area contributed by atoms with Crippen molar-refractivity contribution in [3.05, 3.63) is 0 Å². The summed E-state index contributed by atoms with van der Waals surface area (Å²) in [6.07, 6.45) is 3.48. The zero-order valence-electron chi connectivity index (χ0n) is 14.8. The van der Waals surface area contributed by atoms with Crippen LogP contribution in [-0.2, 0) is 13.9 Å². The Morgan fingerprint density at radius 3 is 2.14 bits per heavy atom. The molecule has 0 aromatic heterocycles. The van der Waals surface area contributed by atoms with Gasteiger partial charge in [-0.05, 0) is 44.8 Å². The molecule has 0 aliphatic carbocycles. The number of alkyl halides is 1. The summed E-state index contributed by atoms with van der Waals surface area (Å²) in [6, 6.07) is 0. The van der Waals surface area contributed by atoms with Crippen molar-refractivity contribution in [2.45, 2.75) is 90.0 Å². The smallest absolute Gasteiger partial charge is 0.191 e. The molecule has 21 heavy (non-hydrogen) atoms. The highest BCUT2D eigenvalue weighted by atomic mass is 79.9. The van der Waals surface area contributed by atoms with E-state index in [1.165, 1.54) is 0 Å². The van der Waals surface area contributed by atoms with Crippen LogP contribution in [0.3, 0.4) is 0 Å². The number of rotatable bonds is 6. The largest absolute Gasteiger partial charge is 0.417 e. The van der Waals surface area contributed by atoms with Gasteiger partial charge < -0.3 is 13.9 Å². The molecule has 0 N–H and O–H groups in total. The zero-order valence-corrected chi connectivity index (χ0v) is 17.4. The minimum Gasteiger partial charge on any atom is -0.417 e. The fourth-order valence-electron chi connectivity index (χ4n) is 2.36. The summed E-state index contributed by atoms with van der Waals surface area (Å²) in [6.45, 7) is 16.2. The molecule has 1 heterocycles. The molecule has 1 aliphatic heterocycles. The molecule has 5 heteroatoms. The molecule has 2 atom stereocenters. The summed E-state index contributed by atoms with van der Waals surface area (Å²) in [4.78, 5) is 0. The standard InChI is InChI=1S/C16H33BrO3Si/c1-15(2,3)21(6,7)18-11-9-14-12-13(8-10-17)19-16(4,5)20-14/h13-14H,8-12H2,1-7H3/t13-,14+/m1/s1. The second-order valence-electron chi connectivity index (χ2n) is 7.99. The minimum absolute atomic E-state index is 0.238. The summed E-state index contributed by atoms with van der Waals surface area (Å²) in [5.41, 5.74) is 0. The maximum Gasteiger partial charge on any atom is 0.191 e. The Morgan fingerprint density at radius 1 is 1.14 bits per heavy atom. The Hall–Kier alpha value is 0.577. The van der Waals surface area contributed by atoms with Crippen LogP contribution in [0.1, 0.15) is 53.9 Å². The Bertz CT molecular complexity index is 326. The van der Waals surface area contributed by atoms with Gasteiger partial charge in [0.05, 0.1) is 12.2 Å². The van der Waals surface area contributed by atoms with Gasteiger partial charge in [0.25, 0.3) is 0 Å². The number of hydrogen-bond donors (Lipinski definition) is 0. The lowest BCUT2D eigenvalue weighted by molar-refractivity contribution is -0.300. The molecule has 0 aromatic carbocycles. The van der Waals surface area contributed by atoms with Crippen molar-refractivity contribution in [1.29, 1.82) is 0 Å².